The fourth-order valence-corrected chi connectivity index (χ4v) is 1.89. The number of rotatable bonds is 1. The minimum Gasteiger partial charge on any atom is -0.218 e. The van der Waals surface area contributed by atoms with E-state index < -0.39 is 52.5 Å². The molecule has 0 amide bonds. The van der Waals surface area contributed by atoms with Crippen LogP contribution >= 0.6 is 0 Å². The van der Waals surface area contributed by atoms with E-state index in [1.54, 1.807) is 0 Å². The Morgan fingerprint density at radius 2 is 1.26 bits per heavy atom. The lowest BCUT2D eigenvalue weighted by Gasteiger charge is -2.31. The monoisotopic (exact) mass is 352 g/mol. The first-order valence-corrected chi connectivity index (χ1v) is 5.58. The summed E-state index contributed by atoms with van der Waals surface area (Å²) in [5, 5.41) is 0. The van der Waals surface area contributed by atoms with Crippen LogP contribution < -0.4 is 0 Å². The Kier molecular flexibility index (Phi) is 4.42. The van der Waals surface area contributed by atoms with Gasteiger partial charge in [0.15, 0.2) is 0 Å². The predicted octanol–water partition coefficient (Wildman–Crippen LogP) is 5.28. The second-order valence-corrected chi connectivity index (χ2v) is 4.51. The number of hydrogen-bond acceptors (Lipinski definition) is 0. The first-order valence-electron chi connectivity index (χ1n) is 5.58. The van der Waals surface area contributed by atoms with Crippen LogP contribution in [0, 0.1) is 19.3 Å². The molecule has 1 aromatic carbocycles. The summed E-state index contributed by atoms with van der Waals surface area (Å²) in [7, 11) is 0. The van der Waals surface area contributed by atoms with E-state index >= 15 is 0 Å². The Balaban J connectivity index is 3.86. The van der Waals surface area contributed by atoms with Gasteiger partial charge in [0.2, 0.25) is 0 Å². The number of terminal acetylenes is 1. The van der Waals surface area contributed by atoms with Gasteiger partial charge in [0.25, 0.3) is 0 Å². The van der Waals surface area contributed by atoms with E-state index in [-0.39, 0.29) is 6.07 Å². The SMILES string of the molecule is C#Cc1c(C)cc(C(F)(C(F)(F)F)C(F)(F)F)cc1C(F)(F)F. The van der Waals surface area contributed by atoms with Gasteiger partial charge in [-0.05, 0) is 18.6 Å². The Bertz CT molecular complexity index is 625. The van der Waals surface area contributed by atoms with Crippen LogP contribution in [0.1, 0.15) is 22.3 Å². The minimum atomic E-state index is -6.52. The van der Waals surface area contributed by atoms with Crippen LogP contribution in [0.2, 0.25) is 0 Å². The third kappa shape index (κ3) is 3.09. The van der Waals surface area contributed by atoms with Crippen LogP contribution in [0.5, 0.6) is 0 Å². The van der Waals surface area contributed by atoms with Gasteiger partial charge in [-0.15, -0.1) is 6.42 Å². The van der Waals surface area contributed by atoms with Gasteiger partial charge in [-0.2, -0.15) is 39.5 Å². The van der Waals surface area contributed by atoms with Crippen molar-refractivity contribution < 1.29 is 43.9 Å². The van der Waals surface area contributed by atoms with E-state index in [2.05, 4.69) is 0 Å². The van der Waals surface area contributed by atoms with Crippen LogP contribution in [-0.4, -0.2) is 12.4 Å². The molecule has 0 bridgehead atoms. The van der Waals surface area contributed by atoms with Crippen molar-refractivity contribution in [3.63, 3.8) is 0 Å². The summed E-state index contributed by atoms with van der Waals surface area (Å²) in [4.78, 5) is 0. The van der Waals surface area contributed by atoms with Gasteiger partial charge in [0.1, 0.15) is 0 Å². The molecule has 0 aliphatic rings. The molecule has 128 valence electrons. The van der Waals surface area contributed by atoms with E-state index in [0.717, 1.165) is 6.92 Å². The summed E-state index contributed by atoms with van der Waals surface area (Å²) in [5.41, 5.74) is -11.9. The smallest absolute Gasteiger partial charge is 0.218 e. The van der Waals surface area contributed by atoms with Gasteiger partial charge in [-0.3, -0.25) is 0 Å². The molecule has 0 radical (unpaired) electrons. The van der Waals surface area contributed by atoms with Crippen molar-refractivity contribution in [2.24, 2.45) is 0 Å². The quantitative estimate of drug-likeness (QED) is 0.476. The lowest BCUT2D eigenvalue weighted by atomic mass is 9.88. The van der Waals surface area contributed by atoms with Crippen molar-refractivity contribution in [2.75, 3.05) is 0 Å². The van der Waals surface area contributed by atoms with E-state index in [9.17, 15) is 43.9 Å². The van der Waals surface area contributed by atoms with Crippen molar-refractivity contribution in [3.8, 4) is 12.3 Å². The Labute approximate surface area is 123 Å². The lowest BCUT2D eigenvalue weighted by Crippen LogP contribution is -2.50. The molecule has 0 heterocycles. The second-order valence-electron chi connectivity index (χ2n) is 4.51. The summed E-state index contributed by atoms with van der Waals surface area (Å²) in [6.07, 6.45) is -13.6. The zero-order valence-corrected chi connectivity index (χ0v) is 11.0. The molecule has 0 saturated carbocycles. The molecule has 10 heteroatoms. The van der Waals surface area contributed by atoms with Gasteiger partial charge in [-0.25, -0.2) is 4.39 Å². The maximum absolute atomic E-state index is 13.9. The van der Waals surface area contributed by atoms with Crippen molar-refractivity contribution in [1.82, 2.24) is 0 Å². The molecule has 23 heavy (non-hydrogen) atoms. The van der Waals surface area contributed by atoms with Gasteiger partial charge in [0.05, 0.1) is 5.56 Å². The Morgan fingerprint density at radius 3 is 1.57 bits per heavy atom. The fourth-order valence-electron chi connectivity index (χ4n) is 1.89. The van der Waals surface area contributed by atoms with Crippen LogP contribution in [-0.2, 0) is 11.8 Å². The molecule has 0 fully saturated rings. The number of halogens is 10. The van der Waals surface area contributed by atoms with Gasteiger partial charge < -0.3 is 0 Å². The first-order chi connectivity index (χ1) is 10.1. The summed E-state index contributed by atoms with van der Waals surface area (Å²) >= 11 is 0. The maximum atomic E-state index is 13.9. The first kappa shape index (κ1) is 19.1. The number of aryl methyl sites for hydroxylation is 1. The molecule has 0 aliphatic heterocycles. The summed E-state index contributed by atoms with van der Waals surface area (Å²) in [6, 6.07) is -0.561. The van der Waals surface area contributed by atoms with E-state index in [4.69, 9.17) is 6.42 Å². The zero-order chi connectivity index (χ0) is 18.4. The maximum Gasteiger partial charge on any atom is 0.435 e. The largest absolute Gasteiger partial charge is 0.435 e. The molecule has 0 nitrogen and oxygen atoms in total. The summed E-state index contributed by atoms with van der Waals surface area (Å²) in [5.74, 6) is 1.52. The minimum absolute atomic E-state index is 0.00537. The Morgan fingerprint density at radius 1 is 0.826 bits per heavy atom. The third-order valence-corrected chi connectivity index (χ3v) is 2.96. The number of benzene rings is 1. The highest BCUT2D eigenvalue weighted by atomic mass is 19.4. The predicted molar refractivity (Wildman–Crippen MR) is 59.0 cm³/mol. The molecule has 0 aliphatic carbocycles. The highest BCUT2D eigenvalue weighted by Gasteiger charge is 2.73. The van der Waals surface area contributed by atoms with Gasteiger partial charge >= 0.3 is 24.2 Å². The molecule has 1 rings (SSSR count). The van der Waals surface area contributed by atoms with Crippen molar-refractivity contribution in [1.29, 1.82) is 0 Å². The van der Waals surface area contributed by atoms with E-state index in [1.807, 2.05) is 0 Å². The van der Waals surface area contributed by atoms with Crippen LogP contribution in [0.25, 0.3) is 0 Å². The average molecular weight is 352 g/mol. The van der Waals surface area contributed by atoms with Crippen LogP contribution in [0.4, 0.5) is 43.9 Å². The molecular formula is C13H6F10. The van der Waals surface area contributed by atoms with Gasteiger partial charge in [-0.1, -0.05) is 12.0 Å². The highest BCUT2D eigenvalue weighted by molar-refractivity contribution is 5.51. The van der Waals surface area contributed by atoms with Crippen molar-refractivity contribution >= 4 is 0 Å². The van der Waals surface area contributed by atoms with Gasteiger partial charge in [0, 0.05) is 11.1 Å². The lowest BCUT2D eigenvalue weighted by molar-refractivity contribution is -0.348. The van der Waals surface area contributed by atoms with E-state index in [0.29, 0.717) is 0 Å². The van der Waals surface area contributed by atoms with Crippen molar-refractivity contribution in [2.45, 2.75) is 31.1 Å². The topological polar surface area (TPSA) is 0 Å². The summed E-state index contributed by atoms with van der Waals surface area (Å²) in [6.45, 7) is 0.751. The average Bonchev–Trinajstić information content (AvgIpc) is 2.32. The van der Waals surface area contributed by atoms with Crippen LogP contribution in [0.15, 0.2) is 12.1 Å². The molecule has 0 aromatic heterocycles. The molecular weight excluding hydrogens is 346 g/mol. The van der Waals surface area contributed by atoms with E-state index in [1.165, 1.54) is 5.92 Å². The summed E-state index contributed by atoms with van der Waals surface area (Å²) < 4.78 is 128. The number of hydrogen-bond donors (Lipinski definition) is 0. The molecule has 0 spiro atoms. The Hall–Kier alpha value is -1.92. The van der Waals surface area contributed by atoms with Crippen LogP contribution in [0.3, 0.4) is 0 Å². The molecule has 0 saturated heterocycles. The second kappa shape index (κ2) is 5.32. The molecule has 0 atom stereocenters. The third-order valence-electron chi connectivity index (χ3n) is 2.96. The standard InChI is InChI=1S/C13H6F10/c1-3-8-6(2)4-7(5-9(8)11(15,16)17)10(14,12(18,19)20)13(21,22)23/h1,4-5H,2H3. The zero-order valence-electron chi connectivity index (χ0n) is 11.0. The molecule has 0 unspecified atom stereocenters. The molecule has 0 N–H and O–H groups in total. The highest BCUT2D eigenvalue weighted by Crippen LogP contribution is 2.54. The normalized spacial score (nSPS) is 13.8. The fraction of sp³-hybridized carbons (Fsp3) is 0.385. The number of alkyl halides is 10. The van der Waals surface area contributed by atoms with Crippen molar-refractivity contribution in [3.05, 3.63) is 34.4 Å². The molecule has 1 aromatic rings.